The Kier molecular flexibility index (Phi) is 4.16. The Balaban J connectivity index is 2.19. The molecule has 1 N–H and O–H groups in total. The first kappa shape index (κ1) is 14.4. The maximum absolute atomic E-state index is 12.8. The van der Waals surface area contributed by atoms with Crippen molar-refractivity contribution in [3.05, 3.63) is 0 Å². The van der Waals surface area contributed by atoms with Gasteiger partial charge < -0.3 is 10.2 Å². The molecule has 1 heterocycles. The number of hydrogen-bond donors (Lipinski definition) is 1. The van der Waals surface area contributed by atoms with Crippen molar-refractivity contribution in [3.63, 3.8) is 0 Å². The fourth-order valence-electron chi connectivity index (χ4n) is 3.57. The molecule has 4 nitrogen and oxygen atoms in total. The second-order valence-electron chi connectivity index (χ2n) is 6.20. The van der Waals surface area contributed by atoms with Crippen molar-refractivity contribution >= 4 is 11.8 Å². The van der Waals surface area contributed by atoms with Crippen molar-refractivity contribution in [1.29, 1.82) is 0 Å². The highest BCUT2D eigenvalue weighted by atomic mass is 16.2. The highest BCUT2D eigenvalue weighted by Crippen LogP contribution is 2.31. The van der Waals surface area contributed by atoms with Gasteiger partial charge in [0.05, 0.1) is 6.54 Å². The minimum Gasteiger partial charge on any atom is -0.340 e. The van der Waals surface area contributed by atoms with Crippen LogP contribution in [0.15, 0.2) is 0 Å². The van der Waals surface area contributed by atoms with Gasteiger partial charge in [-0.05, 0) is 31.6 Å². The van der Waals surface area contributed by atoms with E-state index in [0.29, 0.717) is 18.8 Å². The molecule has 1 saturated carbocycles. The van der Waals surface area contributed by atoms with Gasteiger partial charge in [-0.1, -0.05) is 33.6 Å². The first-order chi connectivity index (χ1) is 9.02. The molecular weight excluding hydrogens is 240 g/mol. The van der Waals surface area contributed by atoms with Gasteiger partial charge in [0.15, 0.2) is 0 Å². The maximum Gasteiger partial charge on any atom is 0.249 e. The third kappa shape index (κ3) is 2.63. The standard InChI is InChI=1S/C15H26N2O2/c1-4-15(5-2)14(19)17(10-13(18)16-15)12-8-6-7-11(3)9-12/h11-12H,4-10H2,1-3H3,(H,16,18). The Bertz CT molecular complexity index is 363. The van der Waals surface area contributed by atoms with Crippen LogP contribution in [0, 0.1) is 5.92 Å². The fraction of sp³-hybridized carbons (Fsp3) is 0.867. The molecule has 1 aliphatic heterocycles. The second-order valence-corrected chi connectivity index (χ2v) is 6.20. The van der Waals surface area contributed by atoms with E-state index in [2.05, 4.69) is 12.2 Å². The Morgan fingerprint density at radius 2 is 1.95 bits per heavy atom. The first-order valence-corrected chi connectivity index (χ1v) is 7.64. The minimum absolute atomic E-state index is 0.00141. The number of nitrogens with one attached hydrogen (secondary N) is 1. The zero-order valence-corrected chi connectivity index (χ0v) is 12.4. The number of carbonyl (C=O) groups excluding carboxylic acids is 2. The number of carbonyl (C=O) groups is 2. The molecule has 19 heavy (non-hydrogen) atoms. The summed E-state index contributed by atoms with van der Waals surface area (Å²) in [5.74, 6) is 0.798. The summed E-state index contributed by atoms with van der Waals surface area (Å²) in [6, 6.07) is 0.264. The molecule has 2 amide bonds. The van der Waals surface area contributed by atoms with Crippen LogP contribution in [-0.2, 0) is 9.59 Å². The van der Waals surface area contributed by atoms with Gasteiger partial charge in [-0.15, -0.1) is 0 Å². The van der Waals surface area contributed by atoms with Crippen LogP contribution in [0.5, 0.6) is 0 Å². The van der Waals surface area contributed by atoms with Gasteiger partial charge in [-0.2, -0.15) is 0 Å². The van der Waals surface area contributed by atoms with Crippen molar-refractivity contribution in [3.8, 4) is 0 Å². The molecule has 2 unspecified atom stereocenters. The predicted octanol–water partition coefficient (Wildman–Crippen LogP) is 2.08. The van der Waals surface area contributed by atoms with Crippen LogP contribution in [0.3, 0.4) is 0 Å². The van der Waals surface area contributed by atoms with E-state index in [0.717, 1.165) is 12.8 Å². The Morgan fingerprint density at radius 3 is 2.53 bits per heavy atom. The molecule has 108 valence electrons. The van der Waals surface area contributed by atoms with Crippen LogP contribution in [0.25, 0.3) is 0 Å². The third-order valence-corrected chi connectivity index (χ3v) is 4.92. The van der Waals surface area contributed by atoms with Crippen LogP contribution in [0.4, 0.5) is 0 Å². The number of amides is 2. The first-order valence-electron chi connectivity index (χ1n) is 7.64. The molecule has 1 aliphatic carbocycles. The minimum atomic E-state index is -0.657. The summed E-state index contributed by atoms with van der Waals surface area (Å²) in [5, 5.41) is 2.93. The van der Waals surface area contributed by atoms with Gasteiger partial charge >= 0.3 is 0 Å². The Morgan fingerprint density at radius 1 is 1.26 bits per heavy atom. The smallest absolute Gasteiger partial charge is 0.249 e. The quantitative estimate of drug-likeness (QED) is 0.850. The van der Waals surface area contributed by atoms with Crippen LogP contribution in [0.2, 0.25) is 0 Å². The highest BCUT2D eigenvalue weighted by molar-refractivity contribution is 5.98. The summed E-state index contributed by atoms with van der Waals surface area (Å²) < 4.78 is 0. The van der Waals surface area contributed by atoms with Crippen molar-refractivity contribution in [2.75, 3.05) is 6.54 Å². The summed E-state index contributed by atoms with van der Waals surface area (Å²) >= 11 is 0. The summed E-state index contributed by atoms with van der Waals surface area (Å²) in [7, 11) is 0. The summed E-state index contributed by atoms with van der Waals surface area (Å²) in [5.41, 5.74) is -0.657. The molecule has 0 aromatic rings. The lowest BCUT2D eigenvalue weighted by atomic mass is 9.83. The average molecular weight is 266 g/mol. The molecule has 4 heteroatoms. The number of nitrogens with zero attached hydrogens (tertiary/aromatic N) is 1. The largest absolute Gasteiger partial charge is 0.340 e. The van der Waals surface area contributed by atoms with Gasteiger partial charge in [-0.25, -0.2) is 0 Å². The Labute approximate surface area is 115 Å². The average Bonchev–Trinajstić information content (AvgIpc) is 2.41. The van der Waals surface area contributed by atoms with Crippen molar-refractivity contribution in [1.82, 2.24) is 10.2 Å². The van der Waals surface area contributed by atoms with Gasteiger partial charge in [0.2, 0.25) is 11.8 Å². The van der Waals surface area contributed by atoms with E-state index in [9.17, 15) is 9.59 Å². The predicted molar refractivity (Wildman–Crippen MR) is 74.6 cm³/mol. The Hall–Kier alpha value is -1.06. The lowest BCUT2D eigenvalue weighted by Crippen LogP contribution is -2.68. The summed E-state index contributed by atoms with van der Waals surface area (Å²) in [4.78, 5) is 26.6. The molecule has 0 aromatic carbocycles. The number of hydrogen-bond acceptors (Lipinski definition) is 2. The van der Waals surface area contributed by atoms with E-state index in [1.807, 2.05) is 18.7 Å². The van der Waals surface area contributed by atoms with Crippen molar-refractivity contribution < 1.29 is 9.59 Å². The van der Waals surface area contributed by atoms with Gasteiger partial charge in [-0.3, -0.25) is 9.59 Å². The van der Waals surface area contributed by atoms with Gasteiger partial charge in [0.25, 0.3) is 0 Å². The van der Waals surface area contributed by atoms with Crippen LogP contribution >= 0.6 is 0 Å². The van der Waals surface area contributed by atoms with Crippen LogP contribution < -0.4 is 5.32 Å². The van der Waals surface area contributed by atoms with Crippen molar-refractivity contribution in [2.24, 2.45) is 5.92 Å². The molecule has 1 saturated heterocycles. The highest BCUT2D eigenvalue weighted by Gasteiger charge is 2.46. The molecular formula is C15H26N2O2. The molecule has 0 aromatic heterocycles. The molecule has 2 fully saturated rings. The van der Waals surface area contributed by atoms with E-state index < -0.39 is 5.54 Å². The van der Waals surface area contributed by atoms with Gasteiger partial charge in [0, 0.05) is 6.04 Å². The molecule has 0 bridgehead atoms. The normalized spacial score (nSPS) is 31.2. The molecule has 2 rings (SSSR count). The summed E-state index contributed by atoms with van der Waals surface area (Å²) in [6.07, 6.45) is 5.86. The molecule has 0 spiro atoms. The van der Waals surface area contributed by atoms with Crippen LogP contribution in [-0.4, -0.2) is 34.8 Å². The molecule has 0 radical (unpaired) electrons. The van der Waals surface area contributed by atoms with E-state index in [1.54, 1.807) is 0 Å². The lowest BCUT2D eigenvalue weighted by Gasteiger charge is -2.46. The van der Waals surface area contributed by atoms with Crippen molar-refractivity contribution in [2.45, 2.75) is 70.9 Å². The number of piperazine rings is 1. The van der Waals surface area contributed by atoms with Crippen LogP contribution in [0.1, 0.15) is 59.3 Å². The topological polar surface area (TPSA) is 49.4 Å². The SMILES string of the molecule is CCC1(CC)NC(=O)CN(C2CCCC(C)C2)C1=O. The maximum atomic E-state index is 12.8. The monoisotopic (exact) mass is 266 g/mol. The van der Waals surface area contributed by atoms with E-state index >= 15 is 0 Å². The second kappa shape index (κ2) is 5.51. The van der Waals surface area contributed by atoms with E-state index in [-0.39, 0.29) is 24.4 Å². The zero-order valence-electron chi connectivity index (χ0n) is 12.4. The lowest BCUT2D eigenvalue weighted by molar-refractivity contribution is -0.153. The summed E-state index contributed by atoms with van der Waals surface area (Å²) in [6.45, 7) is 6.45. The van der Waals surface area contributed by atoms with Gasteiger partial charge in [0.1, 0.15) is 5.54 Å². The van der Waals surface area contributed by atoms with E-state index in [4.69, 9.17) is 0 Å². The number of rotatable bonds is 3. The third-order valence-electron chi connectivity index (χ3n) is 4.92. The fourth-order valence-corrected chi connectivity index (χ4v) is 3.57. The molecule has 2 aliphatic rings. The zero-order chi connectivity index (χ0) is 14.0. The molecule has 2 atom stereocenters. The van der Waals surface area contributed by atoms with E-state index in [1.165, 1.54) is 12.8 Å².